The summed E-state index contributed by atoms with van der Waals surface area (Å²) in [5, 5.41) is 32.0. The quantitative estimate of drug-likeness (QED) is 0.0819. The highest BCUT2D eigenvalue weighted by Crippen LogP contribution is 2.45. The van der Waals surface area contributed by atoms with E-state index in [1.165, 1.54) is 0 Å². The first-order valence-corrected chi connectivity index (χ1v) is 19.0. The molecule has 1 unspecified atom stereocenters. The smallest absolute Gasteiger partial charge is 0.342 e. The highest BCUT2D eigenvalue weighted by atomic mass is 127. The predicted octanol–water partition coefficient (Wildman–Crippen LogP) is 10.6. The van der Waals surface area contributed by atoms with Gasteiger partial charge in [-0.2, -0.15) is 0 Å². The largest absolute Gasteiger partial charge is 0.507 e. The second-order valence-electron chi connectivity index (χ2n) is 12.2. The molecule has 3 N–H and O–H groups in total. The normalized spacial score (nSPS) is 12.9. The zero-order valence-electron chi connectivity index (χ0n) is 26.0. The molecule has 0 heterocycles. The van der Waals surface area contributed by atoms with Crippen molar-refractivity contribution in [2.24, 2.45) is 0 Å². The number of aromatic hydroxyl groups is 3. The molecule has 242 valence electrons. The summed E-state index contributed by atoms with van der Waals surface area (Å²) in [7, 11) is 0. The van der Waals surface area contributed by atoms with Gasteiger partial charge < -0.3 is 20.1 Å². The molecule has 0 aromatic heterocycles. The number of esters is 1. The lowest BCUT2D eigenvalue weighted by Crippen LogP contribution is -2.27. The Kier molecular flexibility index (Phi) is 11.1. The van der Waals surface area contributed by atoms with Crippen molar-refractivity contribution in [1.29, 1.82) is 0 Å². The summed E-state index contributed by atoms with van der Waals surface area (Å²) in [6.45, 7) is 8.38. The van der Waals surface area contributed by atoms with E-state index in [0.717, 1.165) is 49.7 Å². The third kappa shape index (κ3) is 7.28. The highest BCUT2D eigenvalue weighted by Gasteiger charge is 2.35. The summed E-state index contributed by atoms with van der Waals surface area (Å²) in [5.41, 5.74) is 5.63. The molecule has 0 saturated carbocycles. The molecule has 9 heteroatoms. The van der Waals surface area contributed by atoms with Crippen LogP contribution in [0.25, 0.3) is 0 Å². The van der Waals surface area contributed by atoms with E-state index in [1.54, 1.807) is 6.07 Å². The zero-order valence-corrected chi connectivity index (χ0v) is 34.7. The molecule has 5 rings (SSSR count). The molecule has 0 spiro atoms. The van der Waals surface area contributed by atoms with E-state index in [9.17, 15) is 20.1 Å². The number of ether oxygens (including phenoxy) is 1. The Balaban J connectivity index is 1.55. The molecule has 0 radical (unpaired) electrons. The van der Waals surface area contributed by atoms with E-state index >= 15 is 0 Å². The van der Waals surface area contributed by atoms with Gasteiger partial charge in [0.05, 0.1) is 14.3 Å². The van der Waals surface area contributed by atoms with Gasteiger partial charge in [0.15, 0.2) is 0 Å². The predicted molar refractivity (Wildman–Crippen MR) is 220 cm³/mol. The molecule has 47 heavy (non-hydrogen) atoms. The Morgan fingerprint density at radius 1 is 0.617 bits per heavy atom. The lowest BCUT2D eigenvalue weighted by molar-refractivity contribution is 0.0469. The standard InChI is InChI=1S/C38H32I4O5/c1-21-14-26(17-29(39)33(21)43)38(4,27-18-31(41)35(45)32(42)19-27)24-12-10-23(11-13-24)37(2,3)25-15-28(34(44)30(40)16-25)36(46)47-20-22-8-6-5-7-9-22/h5-19,43-45H,20H2,1-4H3. The van der Waals surface area contributed by atoms with Crippen LogP contribution in [0.2, 0.25) is 0 Å². The maximum Gasteiger partial charge on any atom is 0.342 e. The average Bonchev–Trinajstić information content (AvgIpc) is 3.05. The van der Waals surface area contributed by atoms with E-state index in [4.69, 9.17) is 4.74 Å². The number of hydrogen-bond donors (Lipinski definition) is 3. The van der Waals surface area contributed by atoms with E-state index < -0.39 is 16.8 Å². The number of rotatable bonds is 8. The number of halogens is 4. The fourth-order valence-corrected chi connectivity index (χ4v) is 8.84. The monoisotopic (exact) mass is 1080 g/mol. The Labute approximate surface area is 329 Å². The van der Waals surface area contributed by atoms with Crippen LogP contribution in [-0.2, 0) is 22.2 Å². The van der Waals surface area contributed by atoms with Gasteiger partial charge in [-0.3, -0.25) is 0 Å². The van der Waals surface area contributed by atoms with E-state index in [2.05, 4.69) is 135 Å². The molecule has 1 atom stereocenters. The minimum atomic E-state index is -0.613. The number of hydrogen-bond acceptors (Lipinski definition) is 5. The van der Waals surface area contributed by atoms with E-state index in [0.29, 0.717) is 3.57 Å². The highest BCUT2D eigenvalue weighted by molar-refractivity contribution is 14.1. The van der Waals surface area contributed by atoms with Gasteiger partial charge in [-0.25, -0.2) is 4.79 Å². The molecule has 0 aliphatic carbocycles. The number of aryl methyl sites for hydroxylation is 1. The lowest BCUT2D eigenvalue weighted by atomic mass is 9.69. The third-order valence-electron chi connectivity index (χ3n) is 8.83. The van der Waals surface area contributed by atoms with Crippen LogP contribution < -0.4 is 0 Å². The second-order valence-corrected chi connectivity index (χ2v) is 16.8. The van der Waals surface area contributed by atoms with Crippen LogP contribution in [0.4, 0.5) is 0 Å². The van der Waals surface area contributed by atoms with Crippen molar-refractivity contribution in [3.63, 3.8) is 0 Å². The van der Waals surface area contributed by atoms with Crippen LogP contribution in [0.3, 0.4) is 0 Å². The van der Waals surface area contributed by atoms with Gasteiger partial charge in [-0.1, -0.05) is 74.5 Å². The van der Waals surface area contributed by atoms with Crippen molar-refractivity contribution in [2.75, 3.05) is 0 Å². The molecule has 0 saturated heterocycles. The number of phenols is 3. The van der Waals surface area contributed by atoms with E-state index in [1.807, 2.05) is 67.6 Å². The summed E-state index contributed by atoms with van der Waals surface area (Å²) in [6, 6.07) is 29.6. The molecule has 5 nitrogen and oxygen atoms in total. The van der Waals surface area contributed by atoms with Crippen LogP contribution >= 0.6 is 90.4 Å². The summed E-state index contributed by atoms with van der Waals surface area (Å²) in [5.74, 6) is -0.135. The van der Waals surface area contributed by atoms with Crippen molar-refractivity contribution >= 4 is 96.3 Å². The number of benzene rings is 5. The van der Waals surface area contributed by atoms with Crippen molar-refractivity contribution < 1.29 is 24.9 Å². The molecular formula is C38H32I4O5. The van der Waals surface area contributed by atoms with Crippen molar-refractivity contribution in [3.8, 4) is 17.2 Å². The summed E-state index contributed by atoms with van der Waals surface area (Å²) in [6.07, 6.45) is 0. The minimum absolute atomic E-state index is 0.0914. The van der Waals surface area contributed by atoms with Gasteiger partial charge in [0.25, 0.3) is 0 Å². The van der Waals surface area contributed by atoms with Crippen molar-refractivity contribution in [3.05, 3.63) is 150 Å². The van der Waals surface area contributed by atoms with Crippen molar-refractivity contribution in [2.45, 2.75) is 45.1 Å². The van der Waals surface area contributed by atoms with Crippen LogP contribution in [0.1, 0.15) is 70.1 Å². The minimum Gasteiger partial charge on any atom is -0.507 e. The van der Waals surface area contributed by atoms with Gasteiger partial charge in [-0.05, 0) is 173 Å². The second kappa shape index (κ2) is 14.4. The Morgan fingerprint density at radius 2 is 1.11 bits per heavy atom. The fourth-order valence-electron chi connectivity index (χ4n) is 5.68. The summed E-state index contributed by atoms with van der Waals surface area (Å²) >= 11 is 8.56. The number of carbonyl (C=O) groups is 1. The molecule has 5 aromatic carbocycles. The first-order valence-electron chi connectivity index (χ1n) is 14.7. The molecule has 0 aliphatic rings. The summed E-state index contributed by atoms with van der Waals surface area (Å²) < 4.78 is 8.43. The van der Waals surface area contributed by atoms with Crippen LogP contribution in [0, 0.1) is 21.2 Å². The van der Waals surface area contributed by atoms with Gasteiger partial charge >= 0.3 is 5.97 Å². The molecule has 0 aliphatic heterocycles. The van der Waals surface area contributed by atoms with Crippen LogP contribution in [0.5, 0.6) is 17.2 Å². The Hall–Kier alpha value is -2.11. The van der Waals surface area contributed by atoms with Gasteiger partial charge in [0.1, 0.15) is 29.4 Å². The molecule has 5 aromatic rings. The topological polar surface area (TPSA) is 87.0 Å². The first-order chi connectivity index (χ1) is 22.1. The Morgan fingerprint density at radius 3 is 1.68 bits per heavy atom. The lowest BCUT2D eigenvalue weighted by Gasteiger charge is -2.34. The Bertz CT molecular complexity index is 1870. The van der Waals surface area contributed by atoms with Crippen LogP contribution in [-0.4, -0.2) is 21.3 Å². The fraction of sp³-hybridized carbons (Fsp3) is 0.184. The van der Waals surface area contributed by atoms with Gasteiger partial charge in [0, 0.05) is 10.8 Å². The maximum atomic E-state index is 13.2. The number of phenolic OH excluding ortho intramolecular Hbond substituents is 3. The SMILES string of the molecule is Cc1cc(C(C)(c2ccc(C(C)(C)c3cc(I)c(O)c(C(=O)OCc4ccccc4)c3)cc2)c2cc(I)c(O)c(I)c2)cc(I)c1O. The average molecular weight is 1080 g/mol. The van der Waals surface area contributed by atoms with Crippen molar-refractivity contribution in [1.82, 2.24) is 0 Å². The first kappa shape index (κ1) is 36.2. The maximum absolute atomic E-state index is 13.2. The number of carbonyl (C=O) groups excluding carboxylic acids is 1. The molecule has 0 amide bonds. The van der Waals surface area contributed by atoms with Gasteiger partial charge in [0.2, 0.25) is 0 Å². The molecule has 0 fully saturated rings. The zero-order chi connectivity index (χ0) is 34.3. The van der Waals surface area contributed by atoms with Crippen LogP contribution in [0.15, 0.2) is 91.0 Å². The van der Waals surface area contributed by atoms with Gasteiger partial charge in [-0.15, -0.1) is 0 Å². The summed E-state index contributed by atoms with van der Waals surface area (Å²) in [4.78, 5) is 13.2. The molecular weight excluding hydrogens is 1040 g/mol. The van der Waals surface area contributed by atoms with E-state index in [-0.39, 0.29) is 29.4 Å². The third-order valence-corrected chi connectivity index (χ3v) is 12.1. The molecule has 0 bridgehead atoms.